The molecule has 0 amide bonds. The molecule has 34 heavy (non-hydrogen) atoms. The molecule has 0 aliphatic rings. The number of aromatic nitrogens is 5. The number of hydrogen-bond donors (Lipinski definition) is 0. The van der Waals surface area contributed by atoms with Gasteiger partial charge in [0, 0.05) is 16.0 Å². The standard InChI is InChI=1S/C22H15ClF3N5O2S/c1-3-12-5-7-17(34-12)14-9-18(22(24,25)26)31-19(27-14)10-15(29-31)21-28-20(30-33-21)13-8-11(23)4-6-16(13)32-2/h4-10H,3H2,1-2H3. The molecule has 0 unspecified atom stereocenters. The van der Waals surface area contributed by atoms with Crippen LogP contribution in [0.15, 0.2) is 47.0 Å². The number of halogens is 4. The van der Waals surface area contributed by atoms with E-state index in [1.54, 1.807) is 24.3 Å². The summed E-state index contributed by atoms with van der Waals surface area (Å²) in [5.74, 6) is 0.545. The predicted molar refractivity (Wildman–Crippen MR) is 121 cm³/mol. The van der Waals surface area contributed by atoms with Crippen LogP contribution in [0, 0.1) is 0 Å². The highest BCUT2D eigenvalue weighted by Gasteiger charge is 2.36. The van der Waals surface area contributed by atoms with E-state index in [2.05, 4.69) is 20.2 Å². The van der Waals surface area contributed by atoms with Gasteiger partial charge in [0.25, 0.3) is 5.89 Å². The molecule has 0 saturated carbocycles. The molecule has 0 spiro atoms. The minimum atomic E-state index is -4.65. The van der Waals surface area contributed by atoms with Gasteiger partial charge < -0.3 is 9.26 Å². The summed E-state index contributed by atoms with van der Waals surface area (Å²) in [4.78, 5) is 10.4. The highest BCUT2D eigenvalue weighted by atomic mass is 35.5. The topological polar surface area (TPSA) is 78.3 Å². The Balaban J connectivity index is 1.62. The highest BCUT2D eigenvalue weighted by molar-refractivity contribution is 7.15. The second-order valence-electron chi connectivity index (χ2n) is 7.21. The smallest absolute Gasteiger partial charge is 0.433 e. The second-order valence-corrected chi connectivity index (χ2v) is 8.82. The Morgan fingerprint density at radius 3 is 2.62 bits per heavy atom. The van der Waals surface area contributed by atoms with Crippen molar-refractivity contribution >= 4 is 28.6 Å². The lowest BCUT2D eigenvalue weighted by molar-refractivity contribution is -0.142. The number of benzene rings is 1. The van der Waals surface area contributed by atoms with E-state index < -0.39 is 11.9 Å². The fourth-order valence-electron chi connectivity index (χ4n) is 3.40. The van der Waals surface area contributed by atoms with Gasteiger partial charge in [-0.05, 0) is 42.8 Å². The van der Waals surface area contributed by atoms with Gasteiger partial charge in [-0.1, -0.05) is 23.7 Å². The van der Waals surface area contributed by atoms with Gasteiger partial charge in [-0.3, -0.25) is 0 Å². The van der Waals surface area contributed by atoms with Crippen LogP contribution < -0.4 is 4.74 Å². The molecule has 1 aromatic carbocycles. The fraction of sp³-hybridized carbons (Fsp3) is 0.182. The monoisotopic (exact) mass is 505 g/mol. The Morgan fingerprint density at radius 2 is 1.91 bits per heavy atom. The van der Waals surface area contributed by atoms with Crippen LogP contribution in [0.25, 0.3) is 39.2 Å². The molecule has 0 bridgehead atoms. The van der Waals surface area contributed by atoms with E-state index in [0.717, 1.165) is 21.9 Å². The van der Waals surface area contributed by atoms with Crippen molar-refractivity contribution in [2.24, 2.45) is 0 Å². The Kier molecular flexibility index (Phi) is 5.53. The lowest BCUT2D eigenvalue weighted by Gasteiger charge is -2.10. The normalized spacial score (nSPS) is 11.9. The molecular formula is C22H15ClF3N5O2S. The zero-order chi connectivity index (χ0) is 24.0. The number of nitrogens with zero attached hydrogens (tertiary/aromatic N) is 5. The summed E-state index contributed by atoms with van der Waals surface area (Å²) in [5, 5.41) is 8.40. The number of rotatable bonds is 5. The Labute approximate surface area is 199 Å². The Hall–Kier alpha value is -3.44. The zero-order valence-corrected chi connectivity index (χ0v) is 19.3. The number of thiophene rings is 1. The summed E-state index contributed by atoms with van der Waals surface area (Å²) < 4.78 is 53.0. The van der Waals surface area contributed by atoms with Crippen LogP contribution in [0.5, 0.6) is 5.75 Å². The maximum absolute atomic E-state index is 13.9. The SMILES string of the molecule is CCc1ccc(-c2cc(C(F)(F)F)n3nc(-c4nc(-c5cc(Cl)ccc5OC)no4)cc3n2)s1. The molecule has 12 heteroatoms. The van der Waals surface area contributed by atoms with Crippen molar-refractivity contribution in [2.45, 2.75) is 19.5 Å². The van der Waals surface area contributed by atoms with Crippen LogP contribution >= 0.6 is 22.9 Å². The molecule has 4 heterocycles. The molecule has 4 aromatic heterocycles. The molecule has 0 N–H and O–H groups in total. The molecule has 0 aliphatic heterocycles. The summed E-state index contributed by atoms with van der Waals surface area (Å²) in [6, 6.07) is 10.9. The molecule has 0 saturated heterocycles. The lowest BCUT2D eigenvalue weighted by Crippen LogP contribution is -2.13. The van der Waals surface area contributed by atoms with E-state index in [0.29, 0.717) is 21.2 Å². The zero-order valence-electron chi connectivity index (χ0n) is 17.7. The summed E-state index contributed by atoms with van der Waals surface area (Å²) in [6.45, 7) is 1.98. The van der Waals surface area contributed by atoms with Crippen molar-refractivity contribution in [3.63, 3.8) is 0 Å². The van der Waals surface area contributed by atoms with Crippen molar-refractivity contribution in [3.05, 3.63) is 58.1 Å². The number of aryl methyl sites for hydroxylation is 1. The third-order valence-electron chi connectivity index (χ3n) is 5.03. The first-order valence-electron chi connectivity index (χ1n) is 10.0. The van der Waals surface area contributed by atoms with E-state index in [9.17, 15) is 13.2 Å². The van der Waals surface area contributed by atoms with E-state index in [4.69, 9.17) is 20.9 Å². The minimum absolute atomic E-state index is 0.00589. The number of alkyl halides is 3. The van der Waals surface area contributed by atoms with Gasteiger partial charge >= 0.3 is 6.18 Å². The number of hydrogen-bond acceptors (Lipinski definition) is 7. The van der Waals surface area contributed by atoms with Crippen molar-refractivity contribution in [1.29, 1.82) is 0 Å². The minimum Gasteiger partial charge on any atom is -0.496 e. The summed E-state index contributed by atoms with van der Waals surface area (Å²) in [5.41, 5.74) is -0.219. The maximum Gasteiger partial charge on any atom is 0.433 e. The molecule has 5 rings (SSSR count). The van der Waals surface area contributed by atoms with Crippen molar-refractivity contribution < 1.29 is 22.4 Å². The van der Waals surface area contributed by atoms with Crippen LogP contribution in [-0.4, -0.2) is 31.8 Å². The first-order valence-corrected chi connectivity index (χ1v) is 11.2. The predicted octanol–water partition coefficient (Wildman–Crippen LogP) is 6.42. The van der Waals surface area contributed by atoms with Crippen molar-refractivity contribution in [1.82, 2.24) is 24.7 Å². The van der Waals surface area contributed by atoms with Gasteiger partial charge in [0.15, 0.2) is 17.0 Å². The van der Waals surface area contributed by atoms with Crippen LogP contribution in [0.1, 0.15) is 17.5 Å². The molecule has 0 fully saturated rings. The number of ether oxygens (including phenoxy) is 1. The highest BCUT2D eigenvalue weighted by Crippen LogP contribution is 2.36. The van der Waals surface area contributed by atoms with Gasteiger partial charge in [0.2, 0.25) is 5.82 Å². The van der Waals surface area contributed by atoms with Crippen LogP contribution in [0.3, 0.4) is 0 Å². The van der Waals surface area contributed by atoms with E-state index in [-0.39, 0.29) is 28.8 Å². The number of fused-ring (bicyclic) bond motifs is 1. The third-order valence-corrected chi connectivity index (χ3v) is 6.51. The Morgan fingerprint density at radius 1 is 1.09 bits per heavy atom. The second kappa shape index (κ2) is 8.41. The summed E-state index contributed by atoms with van der Waals surface area (Å²) >= 11 is 7.47. The van der Waals surface area contributed by atoms with Crippen molar-refractivity contribution in [3.8, 4) is 39.3 Å². The fourth-order valence-corrected chi connectivity index (χ4v) is 4.48. The van der Waals surface area contributed by atoms with Crippen LogP contribution in [-0.2, 0) is 12.6 Å². The maximum atomic E-state index is 13.9. The van der Waals surface area contributed by atoms with Crippen LogP contribution in [0.4, 0.5) is 13.2 Å². The molecule has 0 atom stereocenters. The van der Waals surface area contributed by atoms with Gasteiger partial charge in [-0.2, -0.15) is 23.3 Å². The average molecular weight is 506 g/mol. The molecule has 174 valence electrons. The first-order chi connectivity index (χ1) is 16.3. The van der Waals surface area contributed by atoms with Gasteiger partial charge in [0.05, 0.1) is 23.2 Å². The molecular weight excluding hydrogens is 491 g/mol. The number of methoxy groups -OCH3 is 1. The van der Waals surface area contributed by atoms with E-state index in [1.165, 1.54) is 24.5 Å². The quantitative estimate of drug-likeness (QED) is 0.274. The Bertz CT molecular complexity index is 1510. The summed E-state index contributed by atoms with van der Waals surface area (Å²) in [7, 11) is 1.48. The molecule has 5 aromatic rings. The van der Waals surface area contributed by atoms with Crippen LogP contribution in [0.2, 0.25) is 5.02 Å². The average Bonchev–Trinajstić information content (AvgIpc) is 3.56. The van der Waals surface area contributed by atoms with Gasteiger partial charge in [-0.15, -0.1) is 11.3 Å². The lowest BCUT2D eigenvalue weighted by atomic mass is 10.2. The molecule has 7 nitrogen and oxygen atoms in total. The van der Waals surface area contributed by atoms with Gasteiger partial charge in [0.1, 0.15) is 5.75 Å². The van der Waals surface area contributed by atoms with Crippen molar-refractivity contribution in [2.75, 3.05) is 7.11 Å². The largest absolute Gasteiger partial charge is 0.496 e. The first kappa shape index (κ1) is 22.4. The summed E-state index contributed by atoms with van der Waals surface area (Å²) in [6.07, 6.45) is -3.87. The van der Waals surface area contributed by atoms with E-state index in [1.807, 2.05) is 13.0 Å². The molecule has 0 radical (unpaired) electrons. The third kappa shape index (κ3) is 4.01. The van der Waals surface area contributed by atoms with Gasteiger partial charge in [-0.25, -0.2) is 9.50 Å². The molecule has 0 aliphatic carbocycles. The van der Waals surface area contributed by atoms with E-state index >= 15 is 0 Å².